The topological polar surface area (TPSA) is 94.2 Å². The van der Waals surface area contributed by atoms with Crippen LogP contribution in [0.5, 0.6) is 17.2 Å². The molecule has 0 aliphatic carbocycles. The van der Waals surface area contributed by atoms with Gasteiger partial charge in [0.15, 0.2) is 11.5 Å². The minimum Gasteiger partial charge on any atom is -0.496 e. The number of sulfonamides is 1. The molecule has 0 bridgehead atoms. The van der Waals surface area contributed by atoms with E-state index in [1.807, 2.05) is 12.1 Å². The predicted molar refractivity (Wildman–Crippen MR) is 121 cm³/mol. The Morgan fingerprint density at radius 3 is 2.25 bits per heavy atom. The number of methoxy groups -OCH3 is 3. The SMILES string of the molecule is COc1ccc(S(=O)(=O)N2CCCC2)cc1CCC(=O)NCc1ccc(OC)c(OC)c1. The van der Waals surface area contributed by atoms with E-state index < -0.39 is 10.0 Å². The Labute approximate surface area is 189 Å². The van der Waals surface area contributed by atoms with Crippen molar-refractivity contribution < 1.29 is 27.4 Å². The second-order valence-electron chi connectivity index (χ2n) is 7.55. The summed E-state index contributed by atoms with van der Waals surface area (Å²) in [5.41, 5.74) is 1.57. The number of hydrogen-bond donors (Lipinski definition) is 1. The normalized spacial score (nSPS) is 14.2. The van der Waals surface area contributed by atoms with Crippen LogP contribution in [-0.4, -0.2) is 53.0 Å². The van der Waals surface area contributed by atoms with Crippen molar-refractivity contribution in [2.45, 2.75) is 37.1 Å². The standard InChI is InChI=1S/C23H30N2O6S/c1-29-20-10-8-19(32(27,28)25-12-4-5-13-25)15-18(20)7-11-23(26)24-16-17-6-9-21(30-2)22(14-17)31-3/h6,8-10,14-15H,4-5,7,11-13,16H2,1-3H3,(H,24,26). The lowest BCUT2D eigenvalue weighted by Gasteiger charge is -2.17. The Bertz CT molecular complexity index is 1050. The molecule has 0 unspecified atom stereocenters. The Morgan fingerprint density at radius 2 is 1.59 bits per heavy atom. The van der Waals surface area contributed by atoms with Gasteiger partial charge in [-0.15, -0.1) is 0 Å². The molecule has 32 heavy (non-hydrogen) atoms. The summed E-state index contributed by atoms with van der Waals surface area (Å²) in [5.74, 6) is 1.64. The van der Waals surface area contributed by atoms with Gasteiger partial charge in [-0.05, 0) is 60.7 Å². The average molecular weight is 463 g/mol. The Kier molecular flexibility index (Phi) is 7.98. The highest BCUT2D eigenvalue weighted by Crippen LogP contribution is 2.28. The summed E-state index contributed by atoms with van der Waals surface area (Å²) in [7, 11) is 1.13. The van der Waals surface area contributed by atoms with E-state index in [1.54, 1.807) is 38.5 Å². The monoisotopic (exact) mass is 462 g/mol. The molecule has 0 spiro atoms. The second kappa shape index (κ2) is 10.7. The third kappa shape index (κ3) is 5.52. The fourth-order valence-corrected chi connectivity index (χ4v) is 5.28. The van der Waals surface area contributed by atoms with Gasteiger partial charge in [0.25, 0.3) is 0 Å². The summed E-state index contributed by atoms with van der Waals surface area (Å²) in [6.07, 6.45) is 2.33. The summed E-state index contributed by atoms with van der Waals surface area (Å²) in [5, 5.41) is 2.88. The van der Waals surface area contributed by atoms with Crippen molar-refractivity contribution >= 4 is 15.9 Å². The lowest BCUT2D eigenvalue weighted by atomic mass is 10.1. The summed E-state index contributed by atoms with van der Waals surface area (Å²) < 4.78 is 43.1. The quantitative estimate of drug-likeness (QED) is 0.584. The molecule has 1 aliphatic rings. The Balaban J connectivity index is 1.63. The maximum absolute atomic E-state index is 12.9. The maximum Gasteiger partial charge on any atom is 0.243 e. The Hall–Kier alpha value is -2.78. The molecule has 1 saturated heterocycles. The van der Waals surface area contributed by atoms with Crippen molar-refractivity contribution in [3.63, 3.8) is 0 Å². The highest BCUT2D eigenvalue weighted by Gasteiger charge is 2.27. The first-order valence-electron chi connectivity index (χ1n) is 10.5. The zero-order valence-corrected chi connectivity index (χ0v) is 19.5. The van der Waals surface area contributed by atoms with Crippen LogP contribution in [0.15, 0.2) is 41.3 Å². The third-order valence-corrected chi connectivity index (χ3v) is 7.41. The van der Waals surface area contributed by atoms with Crippen molar-refractivity contribution in [1.82, 2.24) is 9.62 Å². The van der Waals surface area contributed by atoms with Crippen LogP contribution >= 0.6 is 0 Å². The van der Waals surface area contributed by atoms with Crippen molar-refractivity contribution in [3.05, 3.63) is 47.5 Å². The fraction of sp³-hybridized carbons (Fsp3) is 0.435. The molecule has 1 amide bonds. The van der Waals surface area contributed by atoms with E-state index in [-0.39, 0.29) is 17.2 Å². The van der Waals surface area contributed by atoms with Crippen LogP contribution in [0, 0.1) is 0 Å². The average Bonchev–Trinajstić information content (AvgIpc) is 3.37. The molecular formula is C23H30N2O6S. The van der Waals surface area contributed by atoms with E-state index in [1.165, 1.54) is 11.4 Å². The number of carbonyl (C=O) groups is 1. The molecule has 9 heteroatoms. The molecule has 8 nitrogen and oxygen atoms in total. The first-order chi connectivity index (χ1) is 15.4. The minimum absolute atomic E-state index is 0.144. The largest absolute Gasteiger partial charge is 0.496 e. The molecule has 1 heterocycles. The Morgan fingerprint density at radius 1 is 0.938 bits per heavy atom. The molecule has 174 valence electrons. The van der Waals surface area contributed by atoms with Gasteiger partial charge in [0.05, 0.1) is 26.2 Å². The predicted octanol–water partition coefficient (Wildman–Crippen LogP) is 2.75. The molecule has 1 fully saturated rings. The third-order valence-electron chi connectivity index (χ3n) is 5.51. The minimum atomic E-state index is -3.53. The van der Waals surface area contributed by atoms with Crippen LogP contribution in [-0.2, 0) is 27.8 Å². The molecule has 3 rings (SSSR count). The number of nitrogens with one attached hydrogen (secondary N) is 1. The van der Waals surface area contributed by atoms with Gasteiger partial charge in [-0.3, -0.25) is 4.79 Å². The van der Waals surface area contributed by atoms with Gasteiger partial charge >= 0.3 is 0 Å². The van der Waals surface area contributed by atoms with E-state index in [9.17, 15) is 13.2 Å². The maximum atomic E-state index is 12.9. The summed E-state index contributed by atoms with van der Waals surface area (Å²) in [6.45, 7) is 1.43. The number of benzene rings is 2. The molecule has 2 aromatic rings. The van der Waals surface area contributed by atoms with Crippen LogP contribution in [0.2, 0.25) is 0 Å². The number of aryl methyl sites for hydroxylation is 1. The zero-order valence-electron chi connectivity index (χ0n) is 18.7. The first kappa shape index (κ1) is 23.9. The van der Waals surface area contributed by atoms with Crippen LogP contribution in [0.25, 0.3) is 0 Å². The number of amides is 1. The lowest BCUT2D eigenvalue weighted by Crippen LogP contribution is -2.28. The van der Waals surface area contributed by atoms with Crippen molar-refractivity contribution in [1.29, 1.82) is 0 Å². The van der Waals surface area contributed by atoms with E-state index in [2.05, 4.69) is 5.32 Å². The van der Waals surface area contributed by atoms with Crippen LogP contribution in [0.4, 0.5) is 0 Å². The van der Waals surface area contributed by atoms with E-state index in [4.69, 9.17) is 14.2 Å². The second-order valence-corrected chi connectivity index (χ2v) is 9.49. The summed E-state index contributed by atoms with van der Waals surface area (Å²) >= 11 is 0. The number of nitrogens with zero attached hydrogens (tertiary/aromatic N) is 1. The van der Waals surface area contributed by atoms with Crippen molar-refractivity contribution in [3.8, 4) is 17.2 Å². The highest BCUT2D eigenvalue weighted by molar-refractivity contribution is 7.89. The molecule has 0 atom stereocenters. The lowest BCUT2D eigenvalue weighted by molar-refractivity contribution is -0.121. The van der Waals surface area contributed by atoms with Gasteiger partial charge in [-0.25, -0.2) is 8.42 Å². The molecule has 0 aromatic heterocycles. The van der Waals surface area contributed by atoms with Gasteiger partial charge in [-0.2, -0.15) is 4.31 Å². The van der Waals surface area contributed by atoms with Gasteiger partial charge in [0.2, 0.25) is 15.9 Å². The summed E-state index contributed by atoms with van der Waals surface area (Å²) in [4.78, 5) is 12.7. The zero-order chi connectivity index (χ0) is 23.1. The number of ether oxygens (including phenoxy) is 3. The highest BCUT2D eigenvalue weighted by atomic mass is 32.2. The van der Waals surface area contributed by atoms with Crippen LogP contribution in [0.3, 0.4) is 0 Å². The van der Waals surface area contributed by atoms with Gasteiger partial charge < -0.3 is 19.5 Å². The molecule has 2 aromatic carbocycles. The molecule has 1 aliphatic heterocycles. The summed E-state index contributed by atoms with van der Waals surface area (Å²) in [6, 6.07) is 10.3. The molecule has 0 radical (unpaired) electrons. The molecule has 0 saturated carbocycles. The first-order valence-corrected chi connectivity index (χ1v) is 12.0. The smallest absolute Gasteiger partial charge is 0.243 e. The van der Waals surface area contributed by atoms with E-state index in [0.717, 1.165) is 18.4 Å². The van der Waals surface area contributed by atoms with Crippen LogP contribution < -0.4 is 19.5 Å². The van der Waals surface area contributed by atoms with Crippen molar-refractivity contribution in [2.75, 3.05) is 34.4 Å². The van der Waals surface area contributed by atoms with Crippen LogP contribution in [0.1, 0.15) is 30.4 Å². The van der Waals surface area contributed by atoms with Gasteiger partial charge in [0, 0.05) is 26.1 Å². The fourth-order valence-electron chi connectivity index (χ4n) is 3.72. The van der Waals surface area contributed by atoms with Gasteiger partial charge in [0.1, 0.15) is 5.75 Å². The number of rotatable bonds is 10. The number of hydrogen-bond acceptors (Lipinski definition) is 6. The molecule has 1 N–H and O–H groups in total. The number of carbonyl (C=O) groups excluding carboxylic acids is 1. The van der Waals surface area contributed by atoms with Gasteiger partial charge in [-0.1, -0.05) is 6.07 Å². The van der Waals surface area contributed by atoms with E-state index >= 15 is 0 Å². The van der Waals surface area contributed by atoms with E-state index in [0.29, 0.717) is 48.9 Å². The van der Waals surface area contributed by atoms with Crippen molar-refractivity contribution in [2.24, 2.45) is 0 Å². The molecular weight excluding hydrogens is 432 g/mol.